The number of terminal acetylenes is 1. The van der Waals surface area contributed by atoms with Gasteiger partial charge in [-0.3, -0.25) is 4.90 Å². The van der Waals surface area contributed by atoms with Crippen molar-refractivity contribution >= 4 is 5.84 Å². The Morgan fingerprint density at radius 1 is 1.36 bits per heavy atom. The number of aryl methyl sites for hydroxylation is 1. The Balaban J connectivity index is 2.33. The van der Waals surface area contributed by atoms with Crippen molar-refractivity contribution in [3.05, 3.63) is 23.5 Å². The van der Waals surface area contributed by atoms with Crippen LogP contribution in [0.15, 0.2) is 17.3 Å². The van der Waals surface area contributed by atoms with Gasteiger partial charge in [-0.25, -0.2) is 4.98 Å². The van der Waals surface area contributed by atoms with E-state index in [0.717, 1.165) is 44.3 Å². The summed E-state index contributed by atoms with van der Waals surface area (Å²) in [6.45, 7) is 1.70. The van der Waals surface area contributed by atoms with Crippen LogP contribution in [0.5, 0.6) is 5.75 Å². The standard InChI is InChI=1S/C16H24N4O2/c1-3-11-20(2)12-7-5-4-6-8-13-9-10-14(21)15(18-13)16(17)19-22/h1,9-10,21-22H,4-8,11-12H2,2H3,(H2,17,19). The van der Waals surface area contributed by atoms with Gasteiger partial charge in [-0.05, 0) is 45.0 Å². The molecule has 0 bridgehead atoms. The number of aromatic nitrogens is 1. The maximum atomic E-state index is 9.62. The summed E-state index contributed by atoms with van der Waals surface area (Å²) in [6.07, 6.45) is 10.4. The van der Waals surface area contributed by atoms with Gasteiger partial charge in [0, 0.05) is 5.69 Å². The van der Waals surface area contributed by atoms with Crippen molar-refractivity contribution in [3.8, 4) is 18.1 Å². The molecule has 120 valence electrons. The molecule has 6 nitrogen and oxygen atoms in total. The van der Waals surface area contributed by atoms with E-state index in [-0.39, 0.29) is 17.3 Å². The molecule has 0 radical (unpaired) electrons. The Labute approximate surface area is 131 Å². The van der Waals surface area contributed by atoms with Crippen LogP contribution in [0.1, 0.15) is 37.1 Å². The topological polar surface area (TPSA) is 95.0 Å². The summed E-state index contributed by atoms with van der Waals surface area (Å²) in [7, 11) is 2.02. The van der Waals surface area contributed by atoms with Crippen molar-refractivity contribution in [1.82, 2.24) is 9.88 Å². The van der Waals surface area contributed by atoms with E-state index in [1.54, 1.807) is 6.07 Å². The summed E-state index contributed by atoms with van der Waals surface area (Å²) in [5.74, 6) is 2.35. The number of pyridine rings is 1. The van der Waals surface area contributed by atoms with E-state index in [1.165, 1.54) is 6.07 Å². The van der Waals surface area contributed by atoms with Gasteiger partial charge in [0.2, 0.25) is 0 Å². The molecule has 6 heteroatoms. The molecular weight excluding hydrogens is 280 g/mol. The number of unbranched alkanes of at least 4 members (excludes halogenated alkanes) is 3. The number of rotatable bonds is 9. The minimum atomic E-state index is -0.184. The molecule has 0 fully saturated rings. The first-order valence-corrected chi connectivity index (χ1v) is 7.37. The van der Waals surface area contributed by atoms with Crippen molar-refractivity contribution in [3.63, 3.8) is 0 Å². The molecule has 0 saturated carbocycles. The van der Waals surface area contributed by atoms with Gasteiger partial charge in [0.25, 0.3) is 0 Å². The number of hydrogen-bond acceptors (Lipinski definition) is 5. The SMILES string of the molecule is C#CCN(C)CCCCCCc1ccc(O)c(/C(N)=N/O)n1. The highest BCUT2D eigenvalue weighted by molar-refractivity contribution is 5.97. The van der Waals surface area contributed by atoms with Gasteiger partial charge < -0.3 is 16.0 Å². The Kier molecular flexibility index (Phi) is 7.79. The normalized spacial score (nSPS) is 11.6. The molecule has 0 spiro atoms. The maximum absolute atomic E-state index is 9.62. The van der Waals surface area contributed by atoms with Crippen molar-refractivity contribution in [2.24, 2.45) is 10.9 Å². The smallest absolute Gasteiger partial charge is 0.192 e. The second-order valence-corrected chi connectivity index (χ2v) is 5.26. The van der Waals surface area contributed by atoms with Crippen molar-refractivity contribution in [2.75, 3.05) is 20.1 Å². The van der Waals surface area contributed by atoms with Gasteiger partial charge in [-0.15, -0.1) is 6.42 Å². The fraction of sp³-hybridized carbons (Fsp3) is 0.500. The van der Waals surface area contributed by atoms with Crippen LogP contribution in [0, 0.1) is 12.3 Å². The van der Waals surface area contributed by atoms with E-state index in [2.05, 4.69) is 21.0 Å². The van der Waals surface area contributed by atoms with Gasteiger partial charge in [0.15, 0.2) is 11.5 Å². The second-order valence-electron chi connectivity index (χ2n) is 5.26. The number of amidine groups is 1. The van der Waals surface area contributed by atoms with Crippen molar-refractivity contribution in [2.45, 2.75) is 32.1 Å². The summed E-state index contributed by atoms with van der Waals surface area (Å²) in [5.41, 5.74) is 6.41. The largest absolute Gasteiger partial charge is 0.506 e. The van der Waals surface area contributed by atoms with Crippen LogP contribution in [0.25, 0.3) is 0 Å². The van der Waals surface area contributed by atoms with Crippen LogP contribution in [0.4, 0.5) is 0 Å². The predicted molar refractivity (Wildman–Crippen MR) is 86.9 cm³/mol. The first-order chi connectivity index (χ1) is 10.6. The Morgan fingerprint density at radius 2 is 2.09 bits per heavy atom. The first-order valence-electron chi connectivity index (χ1n) is 7.37. The third kappa shape index (κ3) is 6.02. The van der Waals surface area contributed by atoms with Crippen LogP contribution >= 0.6 is 0 Å². The lowest BCUT2D eigenvalue weighted by atomic mass is 10.1. The lowest BCUT2D eigenvalue weighted by Gasteiger charge is -2.12. The molecule has 4 N–H and O–H groups in total. The monoisotopic (exact) mass is 304 g/mol. The van der Waals surface area contributed by atoms with E-state index in [4.69, 9.17) is 17.4 Å². The number of oxime groups is 1. The van der Waals surface area contributed by atoms with E-state index in [0.29, 0.717) is 6.54 Å². The molecule has 1 heterocycles. The fourth-order valence-corrected chi connectivity index (χ4v) is 2.14. The number of nitrogens with zero attached hydrogens (tertiary/aromatic N) is 3. The van der Waals surface area contributed by atoms with Crippen LogP contribution in [-0.2, 0) is 6.42 Å². The minimum absolute atomic E-state index is 0.0874. The van der Waals surface area contributed by atoms with Crippen LogP contribution in [0.3, 0.4) is 0 Å². The number of aromatic hydroxyl groups is 1. The predicted octanol–water partition coefficient (Wildman–Crippen LogP) is 1.55. The molecule has 0 amide bonds. The van der Waals surface area contributed by atoms with E-state index >= 15 is 0 Å². The van der Waals surface area contributed by atoms with Gasteiger partial charge in [-0.1, -0.05) is 23.9 Å². The quantitative estimate of drug-likeness (QED) is 0.161. The van der Waals surface area contributed by atoms with E-state index in [9.17, 15) is 5.11 Å². The lowest BCUT2D eigenvalue weighted by Crippen LogP contribution is -2.19. The molecule has 1 aromatic heterocycles. The zero-order valence-electron chi connectivity index (χ0n) is 13.0. The molecular formula is C16H24N4O2. The summed E-state index contributed by atoms with van der Waals surface area (Å²) >= 11 is 0. The van der Waals surface area contributed by atoms with Gasteiger partial charge in [0.1, 0.15) is 5.75 Å². The Morgan fingerprint density at radius 3 is 2.77 bits per heavy atom. The number of hydrogen-bond donors (Lipinski definition) is 3. The van der Waals surface area contributed by atoms with Gasteiger partial charge in [0.05, 0.1) is 6.54 Å². The van der Waals surface area contributed by atoms with Gasteiger partial charge >= 0.3 is 0 Å². The molecule has 0 aromatic carbocycles. The van der Waals surface area contributed by atoms with Crippen LogP contribution < -0.4 is 5.73 Å². The first kappa shape index (κ1) is 17.8. The molecule has 0 aliphatic rings. The zero-order chi connectivity index (χ0) is 16.4. The summed E-state index contributed by atoms with van der Waals surface area (Å²) in [5, 5.41) is 21.1. The summed E-state index contributed by atoms with van der Waals surface area (Å²) < 4.78 is 0. The average molecular weight is 304 g/mol. The number of nitrogens with two attached hydrogens (primary N) is 1. The maximum Gasteiger partial charge on any atom is 0.192 e. The minimum Gasteiger partial charge on any atom is -0.506 e. The summed E-state index contributed by atoms with van der Waals surface area (Å²) in [6, 6.07) is 3.27. The summed E-state index contributed by atoms with van der Waals surface area (Å²) in [4.78, 5) is 6.35. The highest BCUT2D eigenvalue weighted by Gasteiger charge is 2.09. The van der Waals surface area contributed by atoms with Crippen molar-refractivity contribution in [1.29, 1.82) is 0 Å². The van der Waals surface area contributed by atoms with Crippen LogP contribution in [-0.4, -0.2) is 46.2 Å². The fourth-order valence-electron chi connectivity index (χ4n) is 2.14. The zero-order valence-corrected chi connectivity index (χ0v) is 13.0. The van der Waals surface area contributed by atoms with Gasteiger partial charge in [-0.2, -0.15) is 0 Å². The third-order valence-corrected chi connectivity index (χ3v) is 3.37. The van der Waals surface area contributed by atoms with E-state index in [1.807, 2.05) is 7.05 Å². The molecule has 0 aliphatic carbocycles. The third-order valence-electron chi connectivity index (χ3n) is 3.37. The molecule has 0 saturated heterocycles. The average Bonchev–Trinajstić information content (AvgIpc) is 2.51. The van der Waals surface area contributed by atoms with Crippen LogP contribution in [0.2, 0.25) is 0 Å². The molecule has 0 aliphatic heterocycles. The Bertz CT molecular complexity index is 537. The molecule has 22 heavy (non-hydrogen) atoms. The van der Waals surface area contributed by atoms with E-state index < -0.39 is 0 Å². The second kappa shape index (κ2) is 9.64. The highest BCUT2D eigenvalue weighted by atomic mass is 16.4. The highest BCUT2D eigenvalue weighted by Crippen LogP contribution is 2.16. The molecule has 1 rings (SSSR count). The lowest BCUT2D eigenvalue weighted by molar-refractivity contribution is 0.318. The Hall–Kier alpha value is -2.26. The molecule has 0 unspecified atom stereocenters. The molecule has 0 atom stereocenters. The van der Waals surface area contributed by atoms with Crippen molar-refractivity contribution < 1.29 is 10.3 Å². The molecule has 1 aromatic rings.